The van der Waals surface area contributed by atoms with Crippen molar-refractivity contribution in [2.75, 3.05) is 19.6 Å². The van der Waals surface area contributed by atoms with Gasteiger partial charge < -0.3 is 14.4 Å². The highest BCUT2D eigenvalue weighted by Crippen LogP contribution is 2.32. The molecule has 0 atom stereocenters. The summed E-state index contributed by atoms with van der Waals surface area (Å²) in [4.78, 5) is 2.40. The van der Waals surface area contributed by atoms with Crippen LogP contribution < -0.4 is 0 Å². The number of furan rings is 1. The molecule has 3 heteroatoms. The Morgan fingerprint density at radius 1 is 1.47 bits per heavy atom. The number of piperidine rings is 1. The minimum atomic E-state index is -0.728. The highest BCUT2D eigenvalue weighted by Gasteiger charge is 2.35. The average molecular weight is 209 g/mol. The quantitative estimate of drug-likeness (QED) is 0.827. The van der Waals surface area contributed by atoms with Gasteiger partial charge in [-0.1, -0.05) is 6.92 Å². The molecule has 1 saturated heterocycles. The van der Waals surface area contributed by atoms with Crippen LogP contribution in [0.3, 0.4) is 0 Å². The summed E-state index contributed by atoms with van der Waals surface area (Å²) in [5, 5.41) is 10.4. The minimum Gasteiger partial charge on any atom is -0.466 e. The summed E-state index contributed by atoms with van der Waals surface area (Å²) in [7, 11) is 0. The van der Waals surface area contributed by atoms with Crippen molar-refractivity contribution in [3.8, 4) is 0 Å². The summed E-state index contributed by atoms with van der Waals surface area (Å²) < 4.78 is 5.30. The zero-order valence-electron chi connectivity index (χ0n) is 9.28. The van der Waals surface area contributed by atoms with Gasteiger partial charge in [0, 0.05) is 13.1 Å². The first-order chi connectivity index (χ1) is 7.24. The van der Waals surface area contributed by atoms with Gasteiger partial charge in [0.25, 0.3) is 0 Å². The topological polar surface area (TPSA) is 36.6 Å². The lowest BCUT2D eigenvalue weighted by Gasteiger charge is -2.36. The molecule has 1 aliphatic rings. The normalized spacial score (nSPS) is 21.7. The lowest BCUT2D eigenvalue weighted by Crippen LogP contribution is -2.42. The largest absolute Gasteiger partial charge is 0.466 e. The lowest BCUT2D eigenvalue weighted by atomic mass is 9.89. The fourth-order valence-electron chi connectivity index (χ4n) is 2.25. The lowest BCUT2D eigenvalue weighted by molar-refractivity contribution is -0.0418. The summed E-state index contributed by atoms with van der Waals surface area (Å²) in [6.45, 7) is 5.25. The van der Waals surface area contributed by atoms with Crippen molar-refractivity contribution >= 4 is 0 Å². The molecule has 0 bridgehead atoms. The maximum atomic E-state index is 10.4. The van der Waals surface area contributed by atoms with E-state index in [1.54, 1.807) is 6.26 Å². The van der Waals surface area contributed by atoms with Gasteiger partial charge >= 0.3 is 0 Å². The van der Waals surface area contributed by atoms with Crippen LogP contribution in [-0.4, -0.2) is 29.6 Å². The van der Waals surface area contributed by atoms with Crippen LogP contribution in [-0.2, 0) is 5.60 Å². The van der Waals surface area contributed by atoms with Gasteiger partial charge in [-0.2, -0.15) is 0 Å². The monoisotopic (exact) mass is 209 g/mol. The minimum absolute atomic E-state index is 0.721. The smallest absolute Gasteiger partial charge is 0.135 e. The van der Waals surface area contributed by atoms with Gasteiger partial charge in [-0.05, 0) is 37.9 Å². The van der Waals surface area contributed by atoms with E-state index >= 15 is 0 Å². The number of aliphatic hydroxyl groups is 1. The van der Waals surface area contributed by atoms with Crippen molar-refractivity contribution in [1.29, 1.82) is 0 Å². The summed E-state index contributed by atoms with van der Waals surface area (Å²) in [5.41, 5.74) is -0.728. The first-order valence-electron chi connectivity index (χ1n) is 5.73. The molecule has 2 heterocycles. The Kier molecular flexibility index (Phi) is 3.12. The molecular weight excluding hydrogens is 190 g/mol. The molecule has 0 saturated carbocycles. The fraction of sp³-hybridized carbons (Fsp3) is 0.667. The van der Waals surface area contributed by atoms with Gasteiger partial charge in [-0.25, -0.2) is 0 Å². The predicted octanol–water partition coefficient (Wildman–Crippen LogP) is 1.97. The molecule has 1 aromatic heterocycles. The van der Waals surface area contributed by atoms with Crippen molar-refractivity contribution in [3.63, 3.8) is 0 Å². The van der Waals surface area contributed by atoms with Crippen LogP contribution >= 0.6 is 0 Å². The molecule has 1 aromatic rings. The molecule has 2 rings (SSSR count). The van der Waals surface area contributed by atoms with Crippen molar-refractivity contribution in [2.45, 2.75) is 31.8 Å². The predicted molar refractivity (Wildman–Crippen MR) is 58.6 cm³/mol. The molecule has 0 radical (unpaired) electrons. The second-order valence-electron chi connectivity index (χ2n) is 4.35. The van der Waals surface area contributed by atoms with E-state index < -0.39 is 5.60 Å². The Hall–Kier alpha value is -0.800. The summed E-state index contributed by atoms with van der Waals surface area (Å²) in [5.74, 6) is 0.721. The highest BCUT2D eigenvalue weighted by atomic mass is 16.4. The van der Waals surface area contributed by atoms with E-state index in [9.17, 15) is 5.11 Å². The molecule has 1 fully saturated rings. The number of likely N-dealkylation sites (tertiary alicyclic amines) is 1. The van der Waals surface area contributed by atoms with Crippen LogP contribution in [0.5, 0.6) is 0 Å². The average Bonchev–Trinajstić information content (AvgIpc) is 2.76. The van der Waals surface area contributed by atoms with Crippen LogP contribution in [0.1, 0.15) is 31.9 Å². The Morgan fingerprint density at radius 2 is 2.20 bits per heavy atom. The van der Waals surface area contributed by atoms with E-state index in [1.807, 2.05) is 12.1 Å². The molecule has 15 heavy (non-hydrogen) atoms. The third kappa shape index (κ3) is 2.24. The summed E-state index contributed by atoms with van der Waals surface area (Å²) in [6.07, 6.45) is 4.37. The van der Waals surface area contributed by atoms with Crippen molar-refractivity contribution < 1.29 is 9.52 Å². The standard InChI is InChI=1S/C12H19NO2/c1-2-7-13-8-5-12(14,6-9-13)11-4-3-10-15-11/h3-4,10,14H,2,5-9H2,1H3. The molecule has 84 valence electrons. The van der Waals surface area contributed by atoms with Gasteiger partial charge in [-0.3, -0.25) is 0 Å². The molecule has 0 amide bonds. The molecule has 1 aliphatic heterocycles. The van der Waals surface area contributed by atoms with Gasteiger partial charge in [0.2, 0.25) is 0 Å². The zero-order valence-corrected chi connectivity index (χ0v) is 9.28. The Bertz CT molecular complexity index is 287. The number of hydrogen-bond acceptors (Lipinski definition) is 3. The molecule has 0 spiro atoms. The van der Waals surface area contributed by atoms with Gasteiger partial charge in [0.1, 0.15) is 11.4 Å². The van der Waals surface area contributed by atoms with E-state index in [0.717, 1.165) is 38.2 Å². The fourth-order valence-corrected chi connectivity index (χ4v) is 2.25. The van der Waals surface area contributed by atoms with E-state index in [0.29, 0.717) is 0 Å². The Labute approximate surface area is 90.7 Å². The van der Waals surface area contributed by atoms with Crippen LogP contribution in [0, 0.1) is 0 Å². The third-order valence-electron chi connectivity index (χ3n) is 3.20. The molecular formula is C12H19NO2. The Balaban J connectivity index is 1.97. The number of rotatable bonds is 3. The molecule has 1 N–H and O–H groups in total. The van der Waals surface area contributed by atoms with Gasteiger partial charge in [0.05, 0.1) is 6.26 Å². The first kappa shape index (κ1) is 10.7. The second-order valence-corrected chi connectivity index (χ2v) is 4.35. The van der Waals surface area contributed by atoms with Crippen molar-refractivity contribution in [1.82, 2.24) is 4.90 Å². The first-order valence-corrected chi connectivity index (χ1v) is 5.73. The maximum Gasteiger partial charge on any atom is 0.135 e. The van der Waals surface area contributed by atoms with Crippen molar-refractivity contribution in [2.24, 2.45) is 0 Å². The van der Waals surface area contributed by atoms with Crippen LogP contribution in [0.25, 0.3) is 0 Å². The van der Waals surface area contributed by atoms with Crippen molar-refractivity contribution in [3.05, 3.63) is 24.2 Å². The Morgan fingerprint density at radius 3 is 2.73 bits per heavy atom. The van der Waals surface area contributed by atoms with E-state index in [2.05, 4.69) is 11.8 Å². The zero-order chi connectivity index (χ0) is 10.7. The van der Waals surface area contributed by atoms with E-state index in [4.69, 9.17) is 4.42 Å². The second kappa shape index (κ2) is 4.37. The number of nitrogens with zero attached hydrogens (tertiary/aromatic N) is 1. The van der Waals surface area contributed by atoms with E-state index in [-0.39, 0.29) is 0 Å². The highest BCUT2D eigenvalue weighted by molar-refractivity contribution is 5.10. The summed E-state index contributed by atoms with van der Waals surface area (Å²) in [6, 6.07) is 3.71. The summed E-state index contributed by atoms with van der Waals surface area (Å²) >= 11 is 0. The van der Waals surface area contributed by atoms with Crippen LogP contribution in [0.2, 0.25) is 0 Å². The molecule has 3 nitrogen and oxygen atoms in total. The maximum absolute atomic E-state index is 10.4. The van der Waals surface area contributed by atoms with Gasteiger partial charge in [0.15, 0.2) is 0 Å². The molecule has 0 aliphatic carbocycles. The molecule has 0 aromatic carbocycles. The molecule has 0 unspecified atom stereocenters. The van der Waals surface area contributed by atoms with Gasteiger partial charge in [-0.15, -0.1) is 0 Å². The third-order valence-corrected chi connectivity index (χ3v) is 3.20. The van der Waals surface area contributed by atoms with Crippen LogP contribution in [0.15, 0.2) is 22.8 Å². The number of hydrogen-bond donors (Lipinski definition) is 1. The van der Waals surface area contributed by atoms with E-state index in [1.165, 1.54) is 6.42 Å². The SMILES string of the molecule is CCCN1CCC(O)(c2ccco2)CC1. The van der Waals surface area contributed by atoms with Crippen LogP contribution in [0.4, 0.5) is 0 Å².